The summed E-state index contributed by atoms with van der Waals surface area (Å²) in [6.07, 6.45) is 0. The van der Waals surface area contributed by atoms with E-state index in [2.05, 4.69) is 21.1 Å². The molecule has 0 unspecified atom stereocenters. The number of benzene rings is 2. The number of rotatable bonds is 5. The fourth-order valence-corrected chi connectivity index (χ4v) is 2.65. The number of hydrogen-bond acceptors (Lipinski definition) is 2. The van der Waals surface area contributed by atoms with Crippen molar-refractivity contribution in [1.29, 1.82) is 0 Å². The lowest BCUT2D eigenvalue weighted by Gasteiger charge is -2.23. The van der Waals surface area contributed by atoms with Gasteiger partial charge >= 0.3 is 5.97 Å². The Morgan fingerprint density at radius 1 is 1.00 bits per heavy atom. The molecular weight excluding hydrogens is 300 g/mol. The lowest BCUT2D eigenvalue weighted by atomic mass is 10.2. The number of nitrogens with zero attached hydrogens (tertiary/aromatic N) is 2. The molecule has 0 atom stereocenters. The van der Waals surface area contributed by atoms with E-state index in [1.807, 2.05) is 65.2 Å². The summed E-state index contributed by atoms with van der Waals surface area (Å²) in [6, 6.07) is 19.8. The summed E-state index contributed by atoms with van der Waals surface area (Å²) < 4.78 is 8.24. The van der Waals surface area contributed by atoms with Gasteiger partial charge in [-0.15, -0.1) is 0 Å². The van der Waals surface area contributed by atoms with Gasteiger partial charge in [-0.3, -0.25) is 0 Å². The maximum absolute atomic E-state index is 12.6. The van der Waals surface area contributed by atoms with Crippen molar-refractivity contribution < 1.29 is 14.0 Å². The van der Waals surface area contributed by atoms with Crippen molar-refractivity contribution in [2.45, 2.75) is 0 Å². The van der Waals surface area contributed by atoms with Crippen molar-refractivity contribution in [3.63, 3.8) is 0 Å². The van der Waals surface area contributed by atoms with Gasteiger partial charge in [-0.2, -0.15) is 0 Å². The zero-order chi connectivity index (χ0) is 17.2. The van der Waals surface area contributed by atoms with Gasteiger partial charge in [0.2, 0.25) is 0 Å². The van der Waals surface area contributed by atoms with Gasteiger partial charge < -0.3 is 13.8 Å². The SMILES string of the molecule is C[N+](C)(C)CCOC(=O)c1cc2ccccc2n1-c1ccccc1. The van der Waals surface area contributed by atoms with Crippen LogP contribution < -0.4 is 0 Å². The summed E-state index contributed by atoms with van der Waals surface area (Å²) >= 11 is 0. The largest absolute Gasteiger partial charge is 0.455 e. The number of aromatic nitrogens is 1. The fraction of sp³-hybridized carbons (Fsp3) is 0.250. The van der Waals surface area contributed by atoms with Crippen LogP contribution in [0.1, 0.15) is 10.5 Å². The molecule has 0 aliphatic carbocycles. The van der Waals surface area contributed by atoms with Crippen LogP contribution in [0.5, 0.6) is 0 Å². The van der Waals surface area contributed by atoms with Crippen LogP contribution in [0, 0.1) is 0 Å². The number of ether oxygens (including phenoxy) is 1. The molecule has 0 aliphatic rings. The van der Waals surface area contributed by atoms with E-state index in [1.54, 1.807) is 0 Å². The van der Waals surface area contributed by atoms with Crippen LogP contribution >= 0.6 is 0 Å². The van der Waals surface area contributed by atoms with Crippen molar-refractivity contribution in [2.24, 2.45) is 0 Å². The van der Waals surface area contributed by atoms with Crippen LogP contribution in [0.25, 0.3) is 16.6 Å². The van der Waals surface area contributed by atoms with Gasteiger partial charge in [0.25, 0.3) is 0 Å². The van der Waals surface area contributed by atoms with E-state index in [0.29, 0.717) is 12.3 Å². The molecule has 0 N–H and O–H groups in total. The zero-order valence-corrected chi connectivity index (χ0v) is 14.4. The van der Waals surface area contributed by atoms with Crippen LogP contribution in [0.4, 0.5) is 0 Å². The van der Waals surface area contributed by atoms with Crippen LogP contribution in [0.15, 0.2) is 60.7 Å². The van der Waals surface area contributed by atoms with Crippen molar-refractivity contribution >= 4 is 16.9 Å². The van der Waals surface area contributed by atoms with Crippen molar-refractivity contribution in [2.75, 3.05) is 34.3 Å². The number of likely N-dealkylation sites (N-methyl/N-ethyl adjacent to an activating group) is 1. The minimum atomic E-state index is -0.288. The standard InChI is InChI=1S/C20H23N2O2/c1-22(2,3)13-14-24-20(23)19-15-16-9-7-8-12-18(16)21(19)17-10-5-4-6-11-17/h4-12,15H,13-14H2,1-3H3/q+1. The van der Waals surface area contributed by atoms with Gasteiger partial charge in [0.05, 0.1) is 26.7 Å². The normalized spacial score (nSPS) is 11.6. The van der Waals surface area contributed by atoms with Crippen molar-refractivity contribution in [3.05, 3.63) is 66.4 Å². The Morgan fingerprint density at radius 3 is 2.38 bits per heavy atom. The molecule has 1 aromatic heterocycles. The number of esters is 1. The molecule has 4 heteroatoms. The second-order valence-corrected chi connectivity index (χ2v) is 6.91. The molecule has 3 aromatic rings. The molecule has 0 radical (unpaired) electrons. The third-order valence-electron chi connectivity index (χ3n) is 3.93. The predicted molar refractivity (Wildman–Crippen MR) is 96.5 cm³/mol. The molecule has 1 heterocycles. The van der Waals surface area contributed by atoms with Gasteiger partial charge in [0.1, 0.15) is 18.8 Å². The van der Waals surface area contributed by atoms with Gasteiger partial charge in [-0.05, 0) is 24.3 Å². The molecule has 0 saturated carbocycles. The van der Waals surface area contributed by atoms with E-state index in [-0.39, 0.29) is 5.97 Å². The Kier molecular flexibility index (Phi) is 4.40. The minimum Gasteiger partial charge on any atom is -0.455 e. The van der Waals surface area contributed by atoms with E-state index in [9.17, 15) is 4.79 Å². The summed E-state index contributed by atoms with van der Waals surface area (Å²) in [4.78, 5) is 12.6. The van der Waals surface area contributed by atoms with Gasteiger partial charge in [0.15, 0.2) is 0 Å². The Bertz CT molecular complexity index is 845. The zero-order valence-electron chi connectivity index (χ0n) is 14.4. The highest BCUT2D eigenvalue weighted by Gasteiger charge is 2.19. The summed E-state index contributed by atoms with van der Waals surface area (Å²) in [5.74, 6) is -0.288. The van der Waals surface area contributed by atoms with Crippen LogP contribution in [-0.2, 0) is 4.74 Å². The summed E-state index contributed by atoms with van der Waals surface area (Å²) in [6.45, 7) is 1.18. The number of para-hydroxylation sites is 2. The maximum Gasteiger partial charge on any atom is 0.355 e. The molecule has 0 aliphatic heterocycles. The first-order chi connectivity index (χ1) is 11.5. The minimum absolute atomic E-state index is 0.288. The predicted octanol–water partition coefficient (Wildman–Crippen LogP) is 3.49. The second kappa shape index (κ2) is 6.49. The van der Waals surface area contributed by atoms with Gasteiger partial charge in [-0.1, -0.05) is 36.4 Å². The summed E-state index contributed by atoms with van der Waals surface area (Å²) in [7, 11) is 6.23. The highest BCUT2D eigenvalue weighted by Crippen LogP contribution is 2.24. The average Bonchev–Trinajstić information content (AvgIpc) is 2.94. The molecular formula is C20H23N2O2+. The molecule has 2 aromatic carbocycles. The maximum atomic E-state index is 12.6. The number of fused-ring (bicyclic) bond motifs is 1. The topological polar surface area (TPSA) is 31.2 Å². The molecule has 124 valence electrons. The molecule has 0 saturated heterocycles. The first-order valence-electron chi connectivity index (χ1n) is 8.09. The average molecular weight is 323 g/mol. The van der Waals surface area contributed by atoms with Crippen LogP contribution in [0.2, 0.25) is 0 Å². The highest BCUT2D eigenvalue weighted by atomic mass is 16.5. The van der Waals surface area contributed by atoms with Crippen LogP contribution in [0.3, 0.4) is 0 Å². The molecule has 0 amide bonds. The Labute approximate surface area is 142 Å². The first-order valence-corrected chi connectivity index (χ1v) is 8.09. The van der Waals surface area contributed by atoms with E-state index >= 15 is 0 Å². The van der Waals surface area contributed by atoms with Crippen molar-refractivity contribution in [1.82, 2.24) is 4.57 Å². The van der Waals surface area contributed by atoms with E-state index in [0.717, 1.165) is 27.6 Å². The molecule has 0 fully saturated rings. The Balaban J connectivity index is 1.97. The number of carbonyl (C=O) groups is 1. The monoisotopic (exact) mass is 323 g/mol. The van der Waals surface area contributed by atoms with E-state index < -0.39 is 0 Å². The highest BCUT2D eigenvalue weighted by molar-refractivity contribution is 5.97. The smallest absolute Gasteiger partial charge is 0.355 e. The lowest BCUT2D eigenvalue weighted by molar-refractivity contribution is -0.870. The molecule has 4 nitrogen and oxygen atoms in total. The number of quaternary nitrogens is 1. The molecule has 3 rings (SSSR count). The van der Waals surface area contributed by atoms with Crippen molar-refractivity contribution in [3.8, 4) is 5.69 Å². The van der Waals surface area contributed by atoms with Crippen LogP contribution in [-0.4, -0.2) is 49.3 Å². The van der Waals surface area contributed by atoms with E-state index in [1.165, 1.54) is 0 Å². The fourth-order valence-electron chi connectivity index (χ4n) is 2.65. The molecule has 0 bridgehead atoms. The first kappa shape index (κ1) is 16.3. The molecule has 0 spiro atoms. The van der Waals surface area contributed by atoms with Gasteiger partial charge in [-0.25, -0.2) is 4.79 Å². The Hall–Kier alpha value is -2.59. The van der Waals surface area contributed by atoms with Gasteiger partial charge in [0, 0.05) is 11.1 Å². The third-order valence-corrected chi connectivity index (χ3v) is 3.93. The lowest BCUT2D eigenvalue weighted by Crippen LogP contribution is -2.38. The quantitative estimate of drug-likeness (QED) is 0.531. The summed E-state index contributed by atoms with van der Waals surface area (Å²) in [5, 5.41) is 1.03. The number of carbonyl (C=O) groups excluding carboxylic acids is 1. The second-order valence-electron chi connectivity index (χ2n) is 6.91. The number of hydrogen-bond donors (Lipinski definition) is 0. The van der Waals surface area contributed by atoms with E-state index in [4.69, 9.17) is 4.74 Å². The summed E-state index contributed by atoms with van der Waals surface area (Å²) in [5.41, 5.74) is 2.52. The third kappa shape index (κ3) is 3.49. The Morgan fingerprint density at radius 2 is 1.67 bits per heavy atom. The molecule has 24 heavy (non-hydrogen) atoms.